The summed E-state index contributed by atoms with van der Waals surface area (Å²) < 4.78 is 0. The first kappa shape index (κ1) is 14.7. The van der Waals surface area contributed by atoms with Crippen LogP contribution in [-0.4, -0.2) is 11.5 Å². The number of hydrogen-bond donors (Lipinski definition) is 1. The van der Waals surface area contributed by atoms with Crippen molar-refractivity contribution in [1.82, 2.24) is 10.3 Å². The quantitative estimate of drug-likeness (QED) is 0.833. The van der Waals surface area contributed by atoms with Crippen molar-refractivity contribution in [3.63, 3.8) is 0 Å². The first-order chi connectivity index (χ1) is 10.1. The maximum absolute atomic E-state index is 4.95. The number of benzene rings is 1. The van der Waals surface area contributed by atoms with Crippen molar-refractivity contribution in [2.45, 2.75) is 46.1 Å². The highest BCUT2D eigenvalue weighted by Gasteiger charge is 2.29. The van der Waals surface area contributed by atoms with Gasteiger partial charge < -0.3 is 5.32 Å². The Morgan fingerprint density at radius 2 is 1.95 bits per heavy atom. The van der Waals surface area contributed by atoms with E-state index in [4.69, 9.17) is 4.98 Å². The first-order valence-electron chi connectivity index (χ1n) is 7.91. The summed E-state index contributed by atoms with van der Waals surface area (Å²) in [5.74, 6) is 1.41. The van der Waals surface area contributed by atoms with Crippen LogP contribution < -0.4 is 5.32 Å². The molecular weight excluding hydrogens is 276 g/mol. The molecule has 112 valence electrons. The molecule has 1 aromatic heterocycles. The monoisotopic (exact) mass is 300 g/mol. The minimum absolute atomic E-state index is 0.693. The van der Waals surface area contributed by atoms with E-state index >= 15 is 0 Å². The maximum atomic E-state index is 4.95. The molecule has 0 saturated heterocycles. The van der Waals surface area contributed by atoms with Crippen molar-refractivity contribution in [3.05, 3.63) is 40.4 Å². The summed E-state index contributed by atoms with van der Waals surface area (Å²) in [6.45, 7) is 8.66. The standard InChI is InChI=1S/C18H24N2S/c1-12(2)10-19-11-16-17(14-8-9-14)20-18(21-16)15-6-4-13(3)5-7-15/h4-7,12,14,19H,8-11H2,1-3H3. The van der Waals surface area contributed by atoms with E-state index in [1.807, 2.05) is 11.3 Å². The summed E-state index contributed by atoms with van der Waals surface area (Å²) in [4.78, 5) is 6.39. The highest BCUT2D eigenvalue weighted by molar-refractivity contribution is 7.15. The fourth-order valence-electron chi connectivity index (χ4n) is 2.46. The summed E-state index contributed by atoms with van der Waals surface area (Å²) in [7, 11) is 0. The van der Waals surface area contributed by atoms with E-state index in [0.717, 1.165) is 19.0 Å². The molecule has 1 fully saturated rings. The number of aromatic nitrogens is 1. The molecule has 0 bridgehead atoms. The molecule has 1 saturated carbocycles. The van der Waals surface area contributed by atoms with Crippen LogP contribution in [0.25, 0.3) is 10.6 Å². The van der Waals surface area contributed by atoms with E-state index in [1.54, 1.807) is 0 Å². The molecule has 0 radical (unpaired) electrons. The molecule has 2 aromatic rings. The number of nitrogens with zero attached hydrogens (tertiary/aromatic N) is 1. The van der Waals surface area contributed by atoms with Gasteiger partial charge in [-0.25, -0.2) is 4.98 Å². The first-order valence-corrected chi connectivity index (χ1v) is 8.72. The van der Waals surface area contributed by atoms with Gasteiger partial charge in [-0.3, -0.25) is 0 Å². The number of nitrogens with one attached hydrogen (secondary N) is 1. The fourth-order valence-corrected chi connectivity index (χ4v) is 3.58. The highest BCUT2D eigenvalue weighted by atomic mass is 32.1. The second-order valence-corrected chi connectivity index (χ2v) is 7.58. The van der Waals surface area contributed by atoms with Gasteiger partial charge in [0.1, 0.15) is 5.01 Å². The molecule has 1 aromatic carbocycles. The topological polar surface area (TPSA) is 24.9 Å². The molecule has 0 aliphatic heterocycles. The third-order valence-corrected chi connectivity index (χ3v) is 4.95. The van der Waals surface area contributed by atoms with Crippen molar-refractivity contribution in [2.75, 3.05) is 6.54 Å². The minimum atomic E-state index is 0.693. The Morgan fingerprint density at radius 3 is 2.57 bits per heavy atom. The number of hydrogen-bond acceptors (Lipinski definition) is 3. The molecule has 3 rings (SSSR count). The zero-order valence-electron chi connectivity index (χ0n) is 13.1. The largest absolute Gasteiger partial charge is 0.312 e. The zero-order chi connectivity index (χ0) is 14.8. The lowest BCUT2D eigenvalue weighted by atomic mass is 10.1. The lowest BCUT2D eigenvalue weighted by molar-refractivity contribution is 0.553. The number of aryl methyl sites for hydroxylation is 1. The molecule has 1 aliphatic rings. The van der Waals surface area contributed by atoms with E-state index in [0.29, 0.717) is 5.92 Å². The van der Waals surface area contributed by atoms with Gasteiger partial charge in [0.05, 0.1) is 5.69 Å². The summed E-state index contributed by atoms with van der Waals surface area (Å²) >= 11 is 1.86. The smallest absolute Gasteiger partial charge is 0.123 e. The molecule has 0 amide bonds. The van der Waals surface area contributed by atoms with Gasteiger partial charge in [-0.2, -0.15) is 0 Å². The van der Waals surface area contributed by atoms with Gasteiger partial charge in [-0.1, -0.05) is 43.7 Å². The minimum Gasteiger partial charge on any atom is -0.312 e. The second-order valence-electron chi connectivity index (χ2n) is 6.49. The molecule has 0 spiro atoms. The lowest BCUT2D eigenvalue weighted by Gasteiger charge is -2.06. The molecular formula is C18H24N2S. The highest BCUT2D eigenvalue weighted by Crippen LogP contribution is 2.44. The van der Waals surface area contributed by atoms with Gasteiger partial charge in [-0.15, -0.1) is 11.3 Å². The lowest BCUT2D eigenvalue weighted by Crippen LogP contribution is -2.18. The molecule has 1 aliphatic carbocycles. The Morgan fingerprint density at radius 1 is 1.24 bits per heavy atom. The van der Waals surface area contributed by atoms with Crippen LogP contribution in [0.5, 0.6) is 0 Å². The van der Waals surface area contributed by atoms with Gasteiger partial charge in [-0.05, 0) is 32.2 Å². The predicted octanol–water partition coefficient (Wildman–Crippen LogP) is 4.74. The van der Waals surface area contributed by atoms with Crippen LogP contribution in [0.2, 0.25) is 0 Å². The number of rotatable bonds is 6. The van der Waals surface area contributed by atoms with Gasteiger partial charge in [0.2, 0.25) is 0 Å². The van der Waals surface area contributed by atoms with Crippen LogP contribution in [0.1, 0.15) is 48.7 Å². The van der Waals surface area contributed by atoms with E-state index in [9.17, 15) is 0 Å². The van der Waals surface area contributed by atoms with Crippen LogP contribution in [0.4, 0.5) is 0 Å². The normalized spacial score (nSPS) is 14.9. The van der Waals surface area contributed by atoms with Crippen molar-refractivity contribution >= 4 is 11.3 Å². The maximum Gasteiger partial charge on any atom is 0.123 e. The van der Waals surface area contributed by atoms with E-state index in [1.165, 1.54) is 39.5 Å². The summed E-state index contributed by atoms with van der Waals surface area (Å²) in [5.41, 5.74) is 3.91. The Bertz CT molecular complexity index is 594. The van der Waals surface area contributed by atoms with Gasteiger partial charge in [0, 0.05) is 22.9 Å². The molecule has 21 heavy (non-hydrogen) atoms. The summed E-state index contributed by atoms with van der Waals surface area (Å²) in [6.07, 6.45) is 2.63. The third-order valence-electron chi connectivity index (χ3n) is 3.83. The molecule has 0 unspecified atom stereocenters. The Kier molecular flexibility index (Phi) is 4.41. The molecule has 2 nitrogen and oxygen atoms in total. The zero-order valence-corrected chi connectivity index (χ0v) is 14.0. The van der Waals surface area contributed by atoms with Crippen LogP contribution >= 0.6 is 11.3 Å². The van der Waals surface area contributed by atoms with Crippen molar-refractivity contribution in [1.29, 1.82) is 0 Å². The third kappa shape index (κ3) is 3.72. The average Bonchev–Trinajstić information content (AvgIpc) is 3.21. The van der Waals surface area contributed by atoms with Crippen LogP contribution in [-0.2, 0) is 6.54 Å². The van der Waals surface area contributed by atoms with Gasteiger partial charge in [0.15, 0.2) is 0 Å². The molecule has 0 atom stereocenters. The molecule has 3 heteroatoms. The van der Waals surface area contributed by atoms with Crippen LogP contribution in [0.15, 0.2) is 24.3 Å². The van der Waals surface area contributed by atoms with Gasteiger partial charge >= 0.3 is 0 Å². The Labute approximate surface area is 131 Å². The summed E-state index contributed by atoms with van der Waals surface area (Å²) in [6, 6.07) is 8.72. The van der Waals surface area contributed by atoms with Crippen LogP contribution in [0.3, 0.4) is 0 Å². The van der Waals surface area contributed by atoms with Crippen molar-refractivity contribution in [2.24, 2.45) is 5.92 Å². The van der Waals surface area contributed by atoms with Crippen molar-refractivity contribution < 1.29 is 0 Å². The number of thiazole rings is 1. The molecule has 1 N–H and O–H groups in total. The summed E-state index contributed by atoms with van der Waals surface area (Å²) in [5, 5.41) is 4.75. The van der Waals surface area contributed by atoms with E-state index < -0.39 is 0 Å². The Balaban J connectivity index is 1.80. The van der Waals surface area contributed by atoms with Crippen LogP contribution in [0, 0.1) is 12.8 Å². The van der Waals surface area contributed by atoms with Crippen molar-refractivity contribution in [3.8, 4) is 10.6 Å². The van der Waals surface area contributed by atoms with Gasteiger partial charge in [0.25, 0.3) is 0 Å². The van der Waals surface area contributed by atoms with E-state index in [2.05, 4.69) is 50.4 Å². The average molecular weight is 300 g/mol. The molecule has 1 heterocycles. The SMILES string of the molecule is Cc1ccc(-c2nc(C3CC3)c(CNCC(C)C)s2)cc1. The fraction of sp³-hybridized carbons (Fsp3) is 0.500. The second kappa shape index (κ2) is 6.29. The van der Waals surface area contributed by atoms with E-state index in [-0.39, 0.29) is 0 Å². The Hall–Kier alpha value is -1.19. The predicted molar refractivity (Wildman–Crippen MR) is 90.8 cm³/mol.